The number of sulfonamides is 1. The van der Waals surface area contributed by atoms with Crippen molar-refractivity contribution in [2.45, 2.75) is 31.1 Å². The van der Waals surface area contributed by atoms with Crippen LogP contribution in [0.4, 0.5) is 5.69 Å². The Labute approximate surface area is 124 Å². The molecule has 1 aliphatic rings. The summed E-state index contributed by atoms with van der Waals surface area (Å²) in [5, 5.41) is 0. The van der Waals surface area contributed by atoms with Gasteiger partial charge in [0.1, 0.15) is 6.04 Å². The van der Waals surface area contributed by atoms with Crippen molar-refractivity contribution in [2.75, 3.05) is 19.4 Å². The highest BCUT2D eigenvalue weighted by Crippen LogP contribution is 2.25. The van der Waals surface area contributed by atoms with Gasteiger partial charge in [0.05, 0.1) is 12.9 Å². The van der Waals surface area contributed by atoms with E-state index >= 15 is 0 Å². The number of piperidine rings is 1. The maximum Gasteiger partial charge on any atom is 0.324 e. The summed E-state index contributed by atoms with van der Waals surface area (Å²) in [5.74, 6) is -0.702. The Kier molecular flexibility index (Phi) is 4.84. The lowest BCUT2D eigenvalue weighted by molar-refractivity contribution is -0.146. The number of carbonyl (C=O) groups is 1. The smallest absolute Gasteiger partial charge is 0.324 e. The highest BCUT2D eigenvalue weighted by Gasteiger charge is 2.37. The molecular weight excluding hydrogens is 292 g/mol. The van der Waals surface area contributed by atoms with Crippen molar-refractivity contribution in [3.63, 3.8) is 0 Å². The maximum absolute atomic E-state index is 12.6. The van der Waals surface area contributed by atoms with Crippen molar-refractivity contribution in [3.05, 3.63) is 29.8 Å². The molecule has 6 nitrogen and oxygen atoms in total. The van der Waals surface area contributed by atoms with Gasteiger partial charge in [-0.2, -0.15) is 4.31 Å². The molecule has 2 N–H and O–H groups in total. The first kappa shape index (κ1) is 15.8. The van der Waals surface area contributed by atoms with E-state index < -0.39 is 22.0 Å². The quantitative estimate of drug-likeness (QED) is 0.665. The first-order chi connectivity index (χ1) is 9.95. The largest absolute Gasteiger partial charge is 0.468 e. The summed E-state index contributed by atoms with van der Waals surface area (Å²) in [5.41, 5.74) is 6.79. The van der Waals surface area contributed by atoms with E-state index in [4.69, 9.17) is 10.5 Å². The number of hydrogen-bond donors (Lipinski definition) is 1. The molecule has 0 bridgehead atoms. The zero-order valence-corrected chi connectivity index (χ0v) is 12.8. The van der Waals surface area contributed by atoms with Gasteiger partial charge in [-0.15, -0.1) is 0 Å². The van der Waals surface area contributed by atoms with Crippen LogP contribution < -0.4 is 5.73 Å². The van der Waals surface area contributed by atoms with E-state index in [0.29, 0.717) is 24.2 Å². The van der Waals surface area contributed by atoms with Gasteiger partial charge in [-0.25, -0.2) is 8.42 Å². The minimum absolute atomic E-state index is 0.201. The van der Waals surface area contributed by atoms with Gasteiger partial charge < -0.3 is 10.5 Å². The summed E-state index contributed by atoms with van der Waals surface area (Å²) in [6.45, 7) is 0.342. The van der Waals surface area contributed by atoms with E-state index in [2.05, 4.69) is 0 Å². The standard InChI is InChI=1S/C14H20N2O4S/c1-20-14(17)13-8-4-5-9-16(13)21(18,19)10-11-6-2-3-7-12(11)15/h2-3,6-7,13H,4-5,8-10,15H2,1H3. The SMILES string of the molecule is COC(=O)C1CCCCN1S(=O)(=O)Cc1ccccc1N. The second-order valence-electron chi connectivity index (χ2n) is 5.10. The molecule has 1 aromatic carbocycles. The number of benzene rings is 1. The number of methoxy groups -OCH3 is 1. The zero-order chi connectivity index (χ0) is 15.5. The molecule has 0 saturated carbocycles. The third-order valence-electron chi connectivity index (χ3n) is 3.68. The molecule has 2 rings (SSSR count). The van der Waals surface area contributed by atoms with Crippen LogP contribution in [0.5, 0.6) is 0 Å². The van der Waals surface area contributed by atoms with Gasteiger partial charge in [-0.1, -0.05) is 18.2 Å². The van der Waals surface area contributed by atoms with Gasteiger partial charge in [0.25, 0.3) is 0 Å². The first-order valence-electron chi connectivity index (χ1n) is 6.86. The van der Waals surface area contributed by atoms with Crippen LogP contribution in [0.15, 0.2) is 24.3 Å². The lowest BCUT2D eigenvalue weighted by atomic mass is 10.1. The maximum atomic E-state index is 12.6. The molecule has 1 aliphatic heterocycles. The van der Waals surface area contributed by atoms with E-state index in [0.717, 1.165) is 12.8 Å². The van der Waals surface area contributed by atoms with E-state index in [1.165, 1.54) is 11.4 Å². The van der Waals surface area contributed by atoms with Crippen LogP contribution in [0.1, 0.15) is 24.8 Å². The van der Waals surface area contributed by atoms with Crippen LogP contribution in [0.2, 0.25) is 0 Å². The molecule has 1 heterocycles. The molecule has 116 valence electrons. The van der Waals surface area contributed by atoms with Crippen molar-refractivity contribution in [3.8, 4) is 0 Å². The molecule has 0 radical (unpaired) electrons. The molecule has 1 atom stereocenters. The predicted molar refractivity (Wildman–Crippen MR) is 79.8 cm³/mol. The van der Waals surface area contributed by atoms with Crippen LogP contribution in [0, 0.1) is 0 Å². The third kappa shape index (κ3) is 3.54. The number of nitrogen functional groups attached to an aromatic ring is 1. The normalized spacial score (nSPS) is 20.1. The fraction of sp³-hybridized carbons (Fsp3) is 0.500. The molecule has 21 heavy (non-hydrogen) atoms. The first-order valence-corrected chi connectivity index (χ1v) is 8.47. The zero-order valence-electron chi connectivity index (χ0n) is 12.0. The van der Waals surface area contributed by atoms with Crippen molar-refractivity contribution >= 4 is 21.7 Å². The highest BCUT2D eigenvalue weighted by molar-refractivity contribution is 7.88. The van der Waals surface area contributed by atoms with E-state index in [1.54, 1.807) is 24.3 Å². The molecule has 7 heteroatoms. The van der Waals surface area contributed by atoms with E-state index in [9.17, 15) is 13.2 Å². The monoisotopic (exact) mass is 312 g/mol. The number of rotatable bonds is 4. The van der Waals surface area contributed by atoms with Gasteiger partial charge in [-0.3, -0.25) is 4.79 Å². The molecule has 0 spiro atoms. The van der Waals surface area contributed by atoms with Gasteiger partial charge in [0.15, 0.2) is 0 Å². The van der Waals surface area contributed by atoms with Crippen LogP contribution in [0.25, 0.3) is 0 Å². The molecule has 0 amide bonds. The summed E-state index contributed by atoms with van der Waals surface area (Å²) in [7, 11) is -2.34. The summed E-state index contributed by atoms with van der Waals surface area (Å²) in [4.78, 5) is 11.8. The Balaban J connectivity index is 2.24. The average Bonchev–Trinajstić information content (AvgIpc) is 2.48. The Morgan fingerprint density at radius 1 is 1.38 bits per heavy atom. The van der Waals surface area contributed by atoms with Crippen molar-refractivity contribution in [1.82, 2.24) is 4.31 Å². The van der Waals surface area contributed by atoms with Gasteiger partial charge in [0, 0.05) is 12.2 Å². The predicted octanol–water partition coefficient (Wildman–Crippen LogP) is 1.13. The number of nitrogens with two attached hydrogens (primary N) is 1. The fourth-order valence-electron chi connectivity index (χ4n) is 2.55. The van der Waals surface area contributed by atoms with Crippen molar-refractivity contribution in [2.24, 2.45) is 0 Å². The summed E-state index contributed by atoms with van der Waals surface area (Å²) in [6.07, 6.45) is 2.06. The topological polar surface area (TPSA) is 89.7 Å². The van der Waals surface area contributed by atoms with Crippen molar-refractivity contribution < 1.29 is 17.9 Å². The average molecular weight is 312 g/mol. The molecule has 0 aromatic heterocycles. The molecule has 1 unspecified atom stereocenters. The lowest BCUT2D eigenvalue weighted by Crippen LogP contribution is -2.48. The molecule has 1 saturated heterocycles. The highest BCUT2D eigenvalue weighted by atomic mass is 32.2. The van der Waals surface area contributed by atoms with Crippen LogP contribution in [0.3, 0.4) is 0 Å². The minimum Gasteiger partial charge on any atom is -0.468 e. The molecule has 0 aliphatic carbocycles. The van der Waals surface area contributed by atoms with E-state index in [-0.39, 0.29) is 5.75 Å². The number of anilines is 1. The van der Waals surface area contributed by atoms with E-state index in [1.807, 2.05) is 0 Å². The number of hydrogen-bond acceptors (Lipinski definition) is 5. The Morgan fingerprint density at radius 2 is 2.10 bits per heavy atom. The summed E-state index contributed by atoms with van der Waals surface area (Å²) >= 11 is 0. The van der Waals surface area contributed by atoms with Gasteiger partial charge >= 0.3 is 5.97 Å². The lowest BCUT2D eigenvalue weighted by Gasteiger charge is -2.32. The van der Waals surface area contributed by atoms with Crippen LogP contribution in [-0.2, 0) is 25.3 Å². The van der Waals surface area contributed by atoms with Crippen molar-refractivity contribution in [1.29, 1.82) is 0 Å². The summed E-state index contributed by atoms with van der Waals surface area (Å²) in [6, 6.07) is 6.13. The number of ether oxygens (including phenoxy) is 1. The number of esters is 1. The number of para-hydroxylation sites is 1. The van der Waals surface area contributed by atoms with Gasteiger partial charge in [-0.05, 0) is 30.9 Å². The minimum atomic E-state index is -3.61. The Morgan fingerprint density at radius 3 is 2.76 bits per heavy atom. The number of carbonyl (C=O) groups excluding carboxylic acids is 1. The Bertz CT molecular complexity index is 615. The fourth-order valence-corrected chi connectivity index (χ4v) is 4.36. The molecule has 1 aromatic rings. The molecular formula is C14H20N2O4S. The van der Waals surface area contributed by atoms with Crippen LogP contribution in [-0.4, -0.2) is 38.4 Å². The second-order valence-corrected chi connectivity index (χ2v) is 7.02. The Hall–Kier alpha value is -1.60. The molecule has 1 fully saturated rings. The second kappa shape index (κ2) is 6.44. The van der Waals surface area contributed by atoms with Crippen LogP contribution >= 0.6 is 0 Å². The number of nitrogens with zero attached hydrogens (tertiary/aromatic N) is 1. The van der Waals surface area contributed by atoms with Gasteiger partial charge in [0.2, 0.25) is 10.0 Å². The summed E-state index contributed by atoms with van der Waals surface area (Å²) < 4.78 is 31.2. The third-order valence-corrected chi connectivity index (χ3v) is 5.50.